The fourth-order valence-electron chi connectivity index (χ4n) is 4.81. The third kappa shape index (κ3) is 4.01. The molecule has 156 valence electrons. The molecule has 1 N–H and O–H groups in total. The van der Waals surface area contributed by atoms with Gasteiger partial charge in [-0.05, 0) is 37.3 Å². The number of benzene rings is 1. The van der Waals surface area contributed by atoms with Crippen LogP contribution in [0, 0.1) is 0 Å². The third-order valence-corrected chi connectivity index (χ3v) is 6.57. The van der Waals surface area contributed by atoms with Crippen LogP contribution in [0.4, 0.5) is 0 Å². The van der Waals surface area contributed by atoms with Crippen LogP contribution in [0.1, 0.15) is 54.9 Å². The molecule has 0 bridgehead atoms. The molecule has 3 heterocycles. The summed E-state index contributed by atoms with van der Waals surface area (Å²) in [6, 6.07) is 7.64. The number of amides is 3. The normalized spacial score (nSPS) is 23.2. The Hall–Kier alpha value is -2.41. The van der Waals surface area contributed by atoms with Crippen LogP contribution >= 0.6 is 0 Å². The summed E-state index contributed by atoms with van der Waals surface area (Å²) < 4.78 is 5.59. The van der Waals surface area contributed by atoms with Gasteiger partial charge in [0.2, 0.25) is 11.8 Å². The fraction of sp³-hybridized carbons (Fsp3) is 0.591. The lowest BCUT2D eigenvalue weighted by Crippen LogP contribution is -2.58. The second kappa shape index (κ2) is 8.14. The van der Waals surface area contributed by atoms with Crippen molar-refractivity contribution in [3.05, 3.63) is 35.4 Å². The number of ether oxygens (including phenoxy) is 1. The standard InChI is InChI=1S/C22H29N3O4/c1-16(26)24-10-8-22(9-11-24,13-20(27)23-14-18-6-4-12-29-18)25-15-17-5-2-3-7-19(17)21(25)28/h2-3,5,7,18H,4,6,8-15H2,1H3,(H,23,27). The van der Waals surface area contributed by atoms with E-state index in [2.05, 4.69) is 5.32 Å². The Bertz CT molecular complexity index is 795. The Morgan fingerprint density at radius 3 is 2.66 bits per heavy atom. The van der Waals surface area contributed by atoms with Gasteiger partial charge in [0.1, 0.15) is 0 Å². The predicted octanol–water partition coefficient (Wildman–Crippen LogP) is 1.71. The first-order valence-corrected chi connectivity index (χ1v) is 10.5. The van der Waals surface area contributed by atoms with E-state index >= 15 is 0 Å². The highest BCUT2D eigenvalue weighted by Gasteiger charge is 2.47. The van der Waals surface area contributed by atoms with Crippen LogP contribution in [-0.4, -0.2) is 65.4 Å². The van der Waals surface area contributed by atoms with Gasteiger partial charge < -0.3 is 19.9 Å². The van der Waals surface area contributed by atoms with Gasteiger partial charge in [0, 0.05) is 45.3 Å². The molecule has 0 saturated carbocycles. The number of piperidine rings is 1. The molecular weight excluding hydrogens is 370 g/mol. The van der Waals surface area contributed by atoms with E-state index in [4.69, 9.17) is 4.74 Å². The van der Waals surface area contributed by atoms with Gasteiger partial charge in [0.05, 0.1) is 18.1 Å². The van der Waals surface area contributed by atoms with E-state index in [0.717, 1.165) is 30.6 Å². The summed E-state index contributed by atoms with van der Waals surface area (Å²) in [5.74, 6) is -0.0261. The topological polar surface area (TPSA) is 79.0 Å². The third-order valence-electron chi connectivity index (χ3n) is 6.57. The number of carbonyl (C=O) groups excluding carboxylic acids is 3. The Morgan fingerprint density at radius 1 is 1.24 bits per heavy atom. The Balaban J connectivity index is 1.50. The molecule has 7 heteroatoms. The molecule has 0 spiro atoms. The highest BCUT2D eigenvalue weighted by Crippen LogP contribution is 2.38. The van der Waals surface area contributed by atoms with E-state index in [1.165, 1.54) is 0 Å². The molecule has 2 saturated heterocycles. The number of likely N-dealkylation sites (tertiary alicyclic amines) is 1. The molecule has 1 unspecified atom stereocenters. The van der Waals surface area contributed by atoms with Crippen molar-refractivity contribution in [2.24, 2.45) is 0 Å². The zero-order valence-corrected chi connectivity index (χ0v) is 17.0. The maximum atomic E-state index is 13.2. The van der Waals surface area contributed by atoms with Crippen LogP contribution in [-0.2, 0) is 20.9 Å². The fourth-order valence-corrected chi connectivity index (χ4v) is 4.81. The lowest BCUT2D eigenvalue weighted by Gasteiger charge is -2.47. The first-order chi connectivity index (χ1) is 14.0. The largest absolute Gasteiger partial charge is 0.376 e. The van der Waals surface area contributed by atoms with E-state index in [1.807, 2.05) is 29.2 Å². The number of rotatable bonds is 5. The maximum absolute atomic E-state index is 13.2. The van der Waals surface area contributed by atoms with Gasteiger partial charge in [-0.2, -0.15) is 0 Å². The van der Waals surface area contributed by atoms with Crippen molar-refractivity contribution in [3.63, 3.8) is 0 Å². The van der Waals surface area contributed by atoms with Crippen LogP contribution in [0.15, 0.2) is 24.3 Å². The van der Waals surface area contributed by atoms with Crippen molar-refractivity contribution in [2.75, 3.05) is 26.2 Å². The van der Waals surface area contributed by atoms with Crippen LogP contribution < -0.4 is 5.32 Å². The molecule has 1 aromatic rings. The number of hydrogen-bond acceptors (Lipinski definition) is 4. The highest BCUT2D eigenvalue weighted by atomic mass is 16.5. The van der Waals surface area contributed by atoms with Crippen molar-refractivity contribution in [2.45, 2.75) is 57.2 Å². The van der Waals surface area contributed by atoms with Gasteiger partial charge in [-0.25, -0.2) is 0 Å². The van der Waals surface area contributed by atoms with Crippen molar-refractivity contribution in [1.82, 2.24) is 15.1 Å². The summed E-state index contributed by atoms with van der Waals surface area (Å²) in [7, 11) is 0. The molecule has 3 aliphatic heterocycles. The summed E-state index contributed by atoms with van der Waals surface area (Å²) in [6.45, 7) is 4.49. The van der Waals surface area contributed by atoms with E-state index in [-0.39, 0.29) is 30.2 Å². The van der Waals surface area contributed by atoms with Gasteiger partial charge in [-0.3, -0.25) is 14.4 Å². The molecule has 1 atom stereocenters. The molecule has 2 fully saturated rings. The minimum absolute atomic E-state index is 0.0104. The second-order valence-electron chi connectivity index (χ2n) is 8.39. The van der Waals surface area contributed by atoms with Gasteiger partial charge in [0.25, 0.3) is 5.91 Å². The van der Waals surface area contributed by atoms with Crippen molar-refractivity contribution in [3.8, 4) is 0 Å². The average Bonchev–Trinajstić information content (AvgIpc) is 3.35. The summed E-state index contributed by atoms with van der Waals surface area (Å²) in [5, 5.41) is 3.01. The molecule has 0 radical (unpaired) electrons. The minimum Gasteiger partial charge on any atom is -0.376 e. The number of nitrogens with one attached hydrogen (secondary N) is 1. The monoisotopic (exact) mass is 399 g/mol. The first-order valence-electron chi connectivity index (χ1n) is 10.5. The van der Waals surface area contributed by atoms with E-state index in [1.54, 1.807) is 11.8 Å². The number of hydrogen-bond donors (Lipinski definition) is 1. The minimum atomic E-state index is -0.567. The summed E-state index contributed by atoms with van der Waals surface area (Å²) in [6.07, 6.45) is 3.57. The molecule has 3 aliphatic rings. The molecule has 7 nitrogen and oxygen atoms in total. The van der Waals surface area contributed by atoms with Crippen molar-refractivity contribution >= 4 is 17.7 Å². The second-order valence-corrected chi connectivity index (χ2v) is 8.39. The number of carbonyl (C=O) groups is 3. The van der Waals surface area contributed by atoms with E-state index in [9.17, 15) is 14.4 Å². The highest BCUT2D eigenvalue weighted by molar-refractivity contribution is 5.99. The summed E-state index contributed by atoms with van der Waals surface area (Å²) >= 11 is 0. The Kier molecular flexibility index (Phi) is 5.58. The smallest absolute Gasteiger partial charge is 0.254 e. The van der Waals surface area contributed by atoms with Crippen LogP contribution in [0.25, 0.3) is 0 Å². The Morgan fingerprint density at radius 2 is 2.00 bits per heavy atom. The quantitative estimate of drug-likeness (QED) is 0.818. The summed E-state index contributed by atoms with van der Waals surface area (Å²) in [5.41, 5.74) is 1.16. The number of nitrogens with zero attached hydrogens (tertiary/aromatic N) is 2. The van der Waals surface area contributed by atoms with Gasteiger partial charge >= 0.3 is 0 Å². The zero-order valence-electron chi connectivity index (χ0n) is 17.0. The van der Waals surface area contributed by atoms with E-state index < -0.39 is 5.54 Å². The first kappa shape index (κ1) is 19.9. The molecule has 29 heavy (non-hydrogen) atoms. The number of fused-ring (bicyclic) bond motifs is 1. The molecule has 4 rings (SSSR count). The molecule has 3 amide bonds. The lowest BCUT2D eigenvalue weighted by atomic mass is 9.82. The van der Waals surface area contributed by atoms with Crippen LogP contribution in [0.5, 0.6) is 0 Å². The molecule has 0 aliphatic carbocycles. The molecular formula is C22H29N3O4. The van der Waals surface area contributed by atoms with E-state index in [0.29, 0.717) is 39.0 Å². The molecule has 0 aromatic heterocycles. The zero-order chi connectivity index (χ0) is 20.4. The maximum Gasteiger partial charge on any atom is 0.254 e. The average molecular weight is 399 g/mol. The van der Waals surface area contributed by atoms with Gasteiger partial charge in [-0.1, -0.05) is 18.2 Å². The Labute approximate surface area is 171 Å². The van der Waals surface area contributed by atoms with Gasteiger partial charge in [-0.15, -0.1) is 0 Å². The van der Waals surface area contributed by atoms with Crippen molar-refractivity contribution < 1.29 is 19.1 Å². The van der Waals surface area contributed by atoms with Crippen LogP contribution in [0.3, 0.4) is 0 Å². The lowest BCUT2D eigenvalue weighted by molar-refractivity contribution is -0.132. The molecule has 1 aromatic carbocycles. The predicted molar refractivity (Wildman–Crippen MR) is 107 cm³/mol. The SMILES string of the molecule is CC(=O)N1CCC(CC(=O)NCC2CCCO2)(N2Cc3ccccc3C2=O)CC1. The van der Waals surface area contributed by atoms with Crippen LogP contribution in [0.2, 0.25) is 0 Å². The van der Waals surface area contributed by atoms with Crippen molar-refractivity contribution in [1.29, 1.82) is 0 Å². The van der Waals surface area contributed by atoms with Gasteiger partial charge in [0.15, 0.2) is 0 Å². The summed E-state index contributed by atoms with van der Waals surface area (Å²) in [4.78, 5) is 41.5.